The summed E-state index contributed by atoms with van der Waals surface area (Å²) in [6, 6.07) is 0. The lowest BCUT2D eigenvalue weighted by Gasteiger charge is -2.18. The van der Waals surface area contributed by atoms with Gasteiger partial charge in [-0.15, -0.1) is 0 Å². The number of esters is 3. The van der Waals surface area contributed by atoms with Crippen LogP contribution in [0.1, 0.15) is 310 Å². The molecule has 0 aliphatic rings. The monoisotopic (exact) mass is 1030 g/mol. The molecule has 0 N–H and O–H groups in total. The smallest absolute Gasteiger partial charge is 0.306 e. The molecular formula is C68H118O6. The van der Waals surface area contributed by atoms with E-state index >= 15 is 0 Å². The first-order valence-electron chi connectivity index (χ1n) is 31.6. The van der Waals surface area contributed by atoms with Crippen molar-refractivity contribution in [3.63, 3.8) is 0 Å². The van der Waals surface area contributed by atoms with Gasteiger partial charge in [-0.05, 0) is 96.3 Å². The number of rotatable bonds is 57. The summed E-state index contributed by atoms with van der Waals surface area (Å²) in [5, 5.41) is 0. The Labute approximate surface area is 458 Å². The molecule has 1 atom stereocenters. The average Bonchev–Trinajstić information content (AvgIpc) is 3.40. The van der Waals surface area contributed by atoms with Crippen LogP contribution in [0.15, 0.2) is 85.1 Å². The van der Waals surface area contributed by atoms with Gasteiger partial charge in [0.05, 0.1) is 0 Å². The second-order valence-corrected chi connectivity index (χ2v) is 20.9. The molecule has 0 aliphatic carbocycles. The summed E-state index contributed by atoms with van der Waals surface area (Å²) >= 11 is 0. The number of hydrogen-bond acceptors (Lipinski definition) is 6. The van der Waals surface area contributed by atoms with Gasteiger partial charge in [0.15, 0.2) is 6.10 Å². The number of allylic oxidation sites excluding steroid dienone is 14. The van der Waals surface area contributed by atoms with Crippen LogP contribution in [0, 0.1) is 0 Å². The summed E-state index contributed by atoms with van der Waals surface area (Å²) < 4.78 is 16.9. The minimum Gasteiger partial charge on any atom is -0.462 e. The van der Waals surface area contributed by atoms with Crippen LogP contribution in [0.3, 0.4) is 0 Å². The van der Waals surface area contributed by atoms with Gasteiger partial charge in [-0.3, -0.25) is 14.4 Å². The third-order valence-corrected chi connectivity index (χ3v) is 13.6. The molecule has 6 nitrogen and oxygen atoms in total. The summed E-state index contributed by atoms with van der Waals surface area (Å²) in [5.74, 6) is -0.906. The van der Waals surface area contributed by atoms with Crippen LogP contribution in [0.25, 0.3) is 0 Å². The normalized spacial score (nSPS) is 12.6. The topological polar surface area (TPSA) is 78.9 Å². The van der Waals surface area contributed by atoms with Crippen molar-refractivity contribution in [1.82, 2.24) is 0 Å². The standard InChI is InChI=1S/C68H118O6/c1-4-7-10-13-16-19-22-25-28-31-32-33-34-35-36-38-40-43-46-49-52-55-58-61-67(70)73-64-65(63-72-66(69)60-57-54-51-48-45-42-39-30-27-24-21-18-15-12-9-6-3)74-68(71)62-59-56-53-50-47-44-41-37-29-26-23-20-17-14-11-8-5-2/h8,11,17,20,22,25-26,29,31-32,34-35,41,44,65H,4-7,9-10,12-16,18-19,21,23-24,27-28,30,33,36-40,42-43,45-64H2,1-3H3/b11-8-,20-17-,25-22-,29-26-,32-31-,35-34-,44-41-. The largest absolute Gasteiger partial charge is 0.462 e. The zero-order chi connectivity index (χ0) is 53.6. The number of carbonyl (C=O) groups excluding carboxylic acids is 3. The average molecular weight is 1030 g/mol. The summed E-state index contributed by atoms with van der Waals surface area (Å²) in [4.78, 5) is 38.3. The van der Waals surface area contributed by atoms with Crippen molar-refractivity contribution in [3.8, 4) is 0 Å². The molecule has 0 saturated carbocycles. The highest BCUT2D eigenvalue weighted by Gasteiger charge is 2.19. The molecule has 1 unspecified atom stereocenters. The highest BCUT2D eigenvalue weighted by molar-refractivity contribution is 5.71. The van der Waals surface area contributed by atoms with Crippen molar-refractivity contribution in [2.45, 2.75) is 316 Å². The van der Waals surface area contributed by atoms with Crippen LogP contribution in [-0.4, -0.2) is 37.2 Å². The van der Waals surface area contributed by atoms with Gasteiger partial charge < -0.3 is 14.2 Å². The Balaban J connectivity index is 4.39. The van der Waals surface area contributed by atoms with E-state index in [0.717, 1.165) is 116 Å². The van der Waals surface area contributed by atoms with Crippen LogP contribution in [0.2, 0.25) is 0 Å². The second kappa shape index (κ2) is 62.1. The van der Waals surface area contributed by atoms with Gasteiger partial charge in [-0.2, -0.15) is 0 Å². The van der Waals surface area contributed by atoms with Crippen LogP contribution < -0.4 is 0 Å². The number of ether oxygens (including phenoxy) is 3. The van der Waals surface area contributed by atoms with Crippen LogP contribution >= 0.6 is 0 Å². The van der Waals surface area contributed by atoms with Crippen LogP contribution in [0.4, 0.5) is 0 Å². The van der Waals surface area contributed by atoms with E-state index in [0.29, 0.717) is 19.3 Å². The van der Waals surface area contributed by atoms with Gasteiger partial charge in [0.25, 0.3) is 0 Å². The van der Waals surface area contributed by atoms with E-state index in [4.69, 9.17) is 14.2 Å². The van der Waals surface area contributed by atoms with Gasteiger partial charge >= 0.3 is 17.9 Å². The van der Waals surface area contributed by atoms with Crippen LogP contribution in [0.5, 0.6) is 0 Å². The van der Waals surface area contributed by atoms with E-state index in [1.807, 2.05) is 0 Å². The highest BCUT2D eigenvalue weighted by Crippen LogP contribution is 2.16. The maximum Gasteiger partial charge on any atom is 0.306 e. The Bertz CT molecular complexity index is 1420. The Morgan fingerprint density at radius 1 is 0.284 bits per heavy atom. The lowest BCUT2D eigenvalue weighted by molar-refractivity contribution is -0.167. The van der Waals surface area contributed by atoms with Gasteiger partial charge in [0.1, 0.15) is 13.2 Å². The number of unbranched alkanes of at least 4 members (excludes halogenated alkanes) is 32. The van der Waals surface area contributed by atoms with E-state index in [2.05, 4.69) is 106 Å². The Morgan fingerprint density at radius 3 is 0.824 bits per heavy atom. The maximum absolute atomic E-state index is 12.9. The van der Waals surface area contributed by atoms with Gasteiger partial charge in [-0.25, -0.2) is 0 Å². The fourth-order valence-electron chi connectivity index (χ4n) is 8.91. The first-order chi connectivity index (χ1) is 36.5. The molecule has 6 heteroatoms. The molecule has 0 spiro atoms. The predicted octanol–water partition coefficient (Wildman–Crippen LogP) is 21.5. The third kappa shape index (κ3) is 59.5. The maximum atomic E-state index is 12.9. The second-order valence-electron chi connectivity index (χ2n) is 20.9. The number of carbonyl (C=O) groups is 3. The zero-order valence-corrected chi connectivity index (χ0v) is 48.8. The summed E-state index contributed by atoms with van der Waals surface area (Å²) in [6.45, 7) is 6.52. The SMILES string of the molecule is CC/C=C\C/C=C\C/C=C\C/C=C\CCCCCCC(=O)OC(COC(=O)CCCCCCCCCC/C=C\C/C=C\C/C=C\CCCCCCC)COC(=O)CCCCCCCCCCCCCCCCCC. The molecule has 0 saturated heterocycles. The van der Waals surface area contributed by atoms with E-state index in [1.165, 1.54) is 154 Å². The van der Waals surface area contributed by atoms with E-state index in [-0.39, 0.29) is 31.1 Å². The van der Waals surface area contributed by atoms with Crippen molar-refractivity contribution in [2.24, 2.45) is 0 Å². The minimum atomic E-state index is -0.793. The van der Waals surface area contributed by atoms with Crippen molar-refractivity contribution in [1.29, 1.82) is 0 Å². The molecule has 0 aromatic heterocycles. The fourth-order valence-corrected chi connectivity index (χ4v) is 8.91. The zero-order valence-electron chi connectivity index (χ0n) is 48.8. The van der Waals surface area contributed by atoms with Crippen LogP contribution in [-0.2, 0) is 28.6 Å². The first-order valence-corrected chi connectivity index (χ1v) is 31.6. The van der Waals surface area contributed by atoms with Gasteiger partial charge in [0, 0.05) is 19.3 Å². The summed E-state index contributed by atoms with van der Waals surface area (Å²) in [7, 11) is 0. The first kappa shape index (κ1) is 70.6. The predicted molar refractivity (Wildman–Crippen MR) is 321 cm³/mol. The summed E-state index contributed by atoms with van der Waals surface area (Å²) in [6.07, 6.45) is 81.5. The molecule has 0 amide bonds. The Hall–Kier alpha value is -3.41. The molecule has 0 aliphatic heterocycles. The minimum absolute atomic E-state index is 0.0867. The Kier molecular flexibility index (Phi) is 59.3. The fraction of sp³-hybridized carbons (Fsp3) is 0.750. The van der Waals surface area contributed by atoms with E-state index < -0.39 is 6.10 Å². The summed E-state index contributed by atoms with van der Waals surface area (Å²) in [5.41, 5.74) is 0. The molecule has 0 heterocycles. The Morgan fingerprint density at radius 2 is 0.527 bits per heavy atom. The van der Waals surface area contributed by atoms with Gasteiger partial charge in [-0.1, -0.05) is 279 Å². The molecule has 426 valence electrons. The highest BCUT2D eigenvalue weighted by atomic mass is 16.6. The molecule has 0 radical (unpaired) electrons. The molecule has 74 heavy (non-hydrogen) atoms. The van der Waals surface area contributed by atoms with Crippen molar-refractivity contribution in [3.05, 3.63) is 85.1 Å². The molecule has 0 aromatic carbocycles. The van der Waals surface area contributed by atoms with Crippen molar-refractivity contribution in [2.75, 3.05) is 13.2 Å². The molecule has 0 bridgehead atoms. The molecule has 0 fully saturated rings. The molecule has 0 aromatic rings. The molecule has 0 rings (SSSR count). The lowest BCUT2D eigenvalue weighted by atomic mass is 10.0. The van der Waals surface area contributed by atoms with Crippen molar-refractivity contribution < 1.29 is 28.6 Å². The third-order valence-electron chi connectivity index (χ3n) is 13.6. The molecular weight excluding hydrogens is 913 g/mol. The quantitative estimate of drug-likeness (QED) is 0.0261. The van der Waals surface area contributed by atoms with E-state index in [1.54, 1.807) is 0 Å². The number of hydrogen-bond donors (Lipinski definition) is 0. The van der Waals surface area contributed by atoms with Crippen molar-refractivity contribution >= 4 is 17.9 Å². The van der Waals surface area contributed by atoms with Gasteiger partial charge in [0.2, 0.25) is 0 Å². The van der Waals surface area contributed by atoms with E-state index in [9.17, 15) is 14.4 Å². The lowest BCUT2D eigenvalue weighted by Crippen LogP contribution is -2.30.